The van der Waals surface area contributed by atoms with E-state index in [0.29, 0.717) is 18.6 Å². The number of carbonyl (C=O) groups is 1. The quantitative estimate of drug-likeness (QED) is 0.687. The first-order valence-corrected chi connectivity index (χ1v) is 5.39. The summed E-state index contributed by atoms with van der Waals surface area (Å²) in [4.78, 5) is 11.0. The smallest absolute Gasteiger partial charge is 0.435 e. The van der Waals surface area contributed by atoms with Gasteiger partial charge in [0.25, 0.3) is 0 Å². The number of hydrogen-bond acceptors (Lipinski definition) is 4. The van der Waals surface area contributed by atoms with E-state index >= 15 is 0 Å². The Kier molecular flexibility index (Phi) is 2.91. The molecule has 2 fully saturated rings. The predicted molar refractivity (Wildman–Crippen MR) is 50.8 cm³/mol. The van der Waals surface area contributed by atoms with Gasteiger partial charge in [-0.15, -0.1) is 0 Å². The Morgan fingerprint density at radius 2 is 2.36 bits per heavy atom. The molecule has 1 unspecified atom stereocenters. The summed E-state index contributed by atoms with van der Waals surface area (Å²) < 4.78 is 9.84. The summed E-state index contributed by atoms with van der Waals surface area (Å²) in [6.45, 7) is 2.15. The van der Waals surface area contributed by atoms with Crippen LogP contribution in [0, 0.1) is 5.92 Å². The van der Waals surface area contributed by atoms with Crippen LogP contribution in [0.2, 0.25) is 0 Å². The first kappa shape index (κ1) is 9.77. The zero-order valence-corrected chi connectivity index (χ0v) is 8.49. The minimum Gasteiger partial charge on any atom is -0.435 e. The average Bonchev–Trinajstić information content (AvgIpc) is 2.63. The topological polar surface area (TPSA) is 47.6 Å². The molecule has 14 heavy (non-hydrogen) atoms. The Hall–Kier alpha value is -0.770. The van der Waals surface area contributed by atoms with Crippen molar-refractivity contribution in [2.24, 2.45) is 5.92 Å². The van der Waals surface area contributed by atoms with E-state index in [0.717, 1.165) is 6.42 Å². The molecule has 0 aromatic carbocycles. The summed E-state index contributed by atoms with van der Waals surface area (Å²) in [6, 6.07) is 0.564. The van der Waals surface area contributed by atoms with Crippen molar-refractivity contribution in [3.8, 4) is 0 Å². The van der Waals surface area contributed by atoms with Crippen LogP contribution in [0.1, 0.15) is 32.6 Å². The SMILES string of the molecule is CCOC(=O)OC1C[C@H]2CCC[C@H]2N1. The van der Waals surface area contributed by atoms with Crippen LogP contribution >= 0.6 is 0 Å². The van der Waals surface area contributed by atoms with Crippen LogP contribution in [-0.2, 0) is 9.47 Å². The lowest BCUT2D eigenvalue weighted by atomic mass is 10.0. The fourth-order valence-electron chi connectivity index (χ4n) is 2.47. The molecule has 4 nitrogen and oxygen atoms in total. The van der Waals surface area contributed by atoms with Crippen molar-refractivity contribution in [2.75, 3.05) is 6.61 Å². The van der Waals surface area contributed by atoms with E-state index in [2.05, 4.69) is 5.32 Å². The first-order valence-electron chi connectivity index (χ1n) is 5.39. The molecule has 1 N–H and O–H groups in total. The number of rotatable bonds is 2. The summed E-state index contributed by atoms with van der Waals surface area (Å²) in [6.07, 6.45) is 4.06. The third-order valence-electron chi connectivity index (χ3n) is 3.08. The molecule has 1 aliphatic heterocycles. The second-order valence-corrected chi connectivity index (χ2v) is 3.99. The zero-order chi connectivity index (χ0) is 9.97. The van der Waals surface area contributed by atoms with Gasteiger partial charge in [-0.05, 0) is 25.7 Å². The number of carbonyl (C=O) groups excluding carboxylic acids is 1. The van der Waals surface area contributed by atoms with Crippen LogP contribution in [0.5, 0.6) is 0 Å². The molecule has 0 amide bonds. The van der Waals surface area contributed by atoms with E-state index in [-0.39, 0.29) is 6.23 Å². The van der Waals surface area contributed by atoms with Crippen LogP contribution in [0.25, 0.3) is 0 Å². The summed E-state index contributed by atoms with van der Waals surface area (Å²) in [5.74, 6) is 0.703. The highest BCUT2D eigenvalue weighted by atomic mass is 16.7. The molecule has 0 radical (unpaired) electrons. The van der Waals surface area contributed by atoms with Gasteiger partial charge in [-0.3, -0.25) is 5.32 Å². The molecule has 2 rings (SSSR count). The number of nitrogens with one attached hydrogen (secondary N) is 1. The van der Waals surface area contributed by atoms with Crippen LogP contribution in [0.15, 0.2) is 0 Å². The zero-order valence-electron chi connectivity index (χ0n) is 8.49. The Balaban J connectivity index is 1.76. The molecule has 1 saturated carbocycles. The lowest BCUT2D eigenvalue weighted by Gasteiger charge is -2.13. The van der Waals surface area contributed by atoms with Gasteiger partial charge in [0.05, 0.1) is 6.61 Å². The van der Waals surface area contributed by atoms with Crippen molar-refractivity contribution in [3.63, 3.8) is 0 Å². The highest BCUT2D eigenvalue weighted by Crippen LogP contribution is 2.34. The first-order chi connectivity index (χ1) is 6.79. The maximum Gasteiger partial charge on any atom is 0.509 e. The summed E-state index contributed by atoms with van der Waals surface area (Å²) in [5, 5.41) is 3.32. The molecule has 0 bridgehead atoms. The van der Waals surface area contributed by atoms with Gasteiger partial charge in [0.1, 0.15) is 0 Å². The van der Waals surface area contributed by atoms with Gasteiger partial charge in [0.2, 0.25) is 0 Å². The second-order valence-electron chi connectivity index (χ2n) is 3.99. The highest BCUT2D eigenvalue weighted by Gasteiger charge is 2.38. The number of fused-ring (bicyclic) bond motifs is 1. The van der Waals surface area contributed by atoms with E-state index in [1.165, 1.54) is 19.3 Å². The fourth-order valence-corrected chi connectivity index (χ4v) is 2.47. The summed E-state index contributed by atoms with van der Waals surface area (Å²) >= 11 is 0. The number of hydrogen-bond donors (Lipinski definition) is 1. The molecular weight excluding hydrogens is 182 g/mol. The van der Waals surface area contributed by atoms with Crippen molar-refractivity contribution >= 4 is 6.16 Å². The van der Waals surface area contributed by atoms with Crippen molar-refractivity contribution in [1.82, 2.24) is 5.32 Å². The lowest BCUT2D eigenvalue weighted by Crippen LogP contribution is -2.33. The average molecular weight is 199 g/mol. The normalized spacial score (nSPS) is 35.4. The molecule has 4 heteroatoms. The molecule has 2 aliphatic rings. The molecule has 1 heterocycles. The van der Waals surface area contributed by atoms with Gasteiger partial charge in [-0.2, -0.15) is 0 Å². The molecule has 80 valence electrons. The van der Waals surface area contributed by atoms with Gasteiger partial charge in [-0.1, -0.05) is 6.42 Å². The Morgan fingerprint density at radius 3 is 3.07 bits per heavy atom. The molecular formula is C10H17NO3. The molecule has 0 aromatic heterocycles. The predicted octanol–water partition coefficient (Wildman–Crippen LogP) is 1.65. The standard InChI is InChI=1S/C10H17NO3/c1-2-13-10(12)14-9-6-7-4-3-5-8(7)11-9/h7-9,11H,2-6H2,1H3/t7-,8-,9?/m1/s1. The van der Waals surface area contributed by atoms with Gasteiger partial charge in [-0.25, -0.2) is 4.79 Å². The van der Waals surface area contributed by atoms with Crippen LogP contribution in [-0.4, -0.2) is 25.0 Å². The van der Waals surface area contributed by atoms with Crippen molar-refractivity contribution in [2.45, 2.75) is 44.9 Å². The molecule has 1 saturated heterocycles. The van der Waals surface area contributed by atoms with Crippen molar-refractivity contribution < 1.29 is 14.3 Å². The molecule has 1 aliphatic carbocycles. The molecule has 3 atom stereocenters. The summed E-state index contributed by atoms with van der Waals surface area (Å²) in [7, 11) is 0. The molecule has 0 aromatic rings. The lowest BCUT2D eigenvalue weighted by molar-refractivity contribution is 0.0184. The molecule has 0 spiro atoms. The Morgan fingerprint density at radius 1 is 1.50 bits per heavy atom. The van der Waals surface area contributed by atoms with E-state index in [1.807, 2.05) is 0 Å². The summed E-state index contributed by atoms with van der Waals surface area (Å²) in [5.41, 5.74) is 0. The van der Waals surface area contributed by atoms with Crippen LogP contribution < -0.4 is 5.32 Å². The Bertz CT molecular complexity index is 207. The van der Waals surface area contributed by atoms with Crippen LogP contribution in [0.4, 0.5) is 4.79 Å². The second kappa shape index (κ2) is 4.17. The third kappa shape index (κ3) is 2.00. The van der Waals surface area contributed by atoms with Gasteiger partial charge >= 0.3 is 6.16 Å². The minimum atomic E-state index is -0.551. The van der Waals surface area contributed by atoms with E-state index in [1.54, 1.807) is 6.92 Å². The van der Waals surface area contributed by atoms with Gasteiger partial charge < -0.3 is 9.47 Å². The van der Waals surface area contributed by atoms with E-state index < -0.39 is 6.16 Å². The van der Waals surface area contributed by atoms with E-state index in [9.17, 15) is 4.79 Å². The van der Waals surface area contributed by atoms with Crippen molar-refractivity contribution in [3.05, 3.63) is 0 Å². The fraction of sp³-hybridized carbons (Fsp3) is 0.900. The van der Waals surface area contributed by atoms with E-state index in [4.69, 9.17) is 9.47 Å². The highest BCUT2D eigenvalue weighted by molar-refractivity contribution is 5.60. The minimum absolute atomic E-state index is 0.121. The third-order valence-corrected chi connectivity index (χ3v) is 3.08. The maximum absolute atomic E-state index is 11.0. The number of ether oxygens (including phenoxy) is 2. The van der Waals surface area contributed by atoms with Crippen LogP contribution in [0.3, 0.4) is 0 Å². The maximum atomic E-state index is 11.0. The van der Waals surface area contributed by atoms with Crippen molar-refractivity contribution in [1.29, 1.82) is 0 Å². The largest absolute Gasteiger partial charge is 0.509 e. The van der Waals surface area contributed by atoms with Gasteiger partial charge in [0, 0.05) is 12.5 Å². The van der Waals surface area contributed by atoms with Gasteiger partial charge in [0.15, 0.2) is 6.23 Å². The Labute approximate surface area is 84.0 Å². The monoisotopic (exact) mass is 199 g/mol.